The summed E-state index contributed by atoms with van der Waals surface area (Å²) in [5.74, 6) is -0.868. The van der Waals surface area contributed by atoms with Crippen LogP contribution in [0.4, 0.5) is 0 Å². The molecule has 1 aliphatic rings. The summed E-state index contributed by atoms with van der Waals surface area (Å²) < 4.78 is 45.4. The molecule has 0 aromatic heterocycles. The Morgan fingerprint density at radius 3 is 2.70 bits per heavy atom. The lowest BCUT2D eigenvalue weighted by Crippen LogP contribution is -2.49. The molecule has 0 bridgehead atoms. The van der Waals surface area contributed by atoms with Crippen LogP contribution in [0.5, 0.6) is 0 Å². The van der Waals surface area contributed by atoms with Crippen LogP contribution in [0.25, 0.3) is 10.4 Å². The Labute approximate surface area is 159 Å². The number of ether oxygens (including phenoxy) is 3. The Morgan fingerprint density at radius 1 is 1.37 bits per heavy atom. The van der Waals surface area contributed by atoms with Crippen molar-refractivity contribution in [2.24, 2.45) is 5.11 Å². The van der Waals surface area contributed by atoms with E-state index in [9.17, 15) is 8.42 Å². The maximum absolute atomic E-state index is 11.6. The maximum Gasteiger partial charge on any atom is 0.264 e. The van der Waals surface area contributed by atoms with Gasteiger partial charge >= 0.3 is 0 Å². The molecule has 27 heavy (non-hydrogen) atoms. The van der Waals surface area contributed by atoms with Gasteiger partial charge < -0.3 is 14.2 Å². The SMILES string of the molecule is CC1(C)OC[C@@H](N=[N+]=[N-])[C@H](C[C@H](COCc2ccccc2)OS(C)(=O)=O)O1. The summed E-state index contributed by atoms with van der Waals surface area (Å²) in [7, 11) is -3.70. The summed E-state index contributed by atoms with van der Waals surface area (Å²) in [6.45, 7) is 4.03. The normalized spacial score (nSPS) is 23.4. The molecule has 0 spiro atoms. The van der Waals surface area contributed by atoms with Gasteiger partial charge in [0.15, 0.2) is 5.79 Å². The minimum absolute atomic E-state index is 0.0477. The highest BCUT2D eigenvalue weighted by Crippen LogP contribution is 2.28. The van der Waals surface area contributed by atoms with Crippen LogP contribution in [0.2, 0.25) is 0 Å². The fraction of sp³-hybridized carbons (Fsp3) is 0.647. The molecule has 150 valence electrons. The second-order valence-electron chi connectivity index (χ2n) is 6.80. The summed E-state index contributed by atoms with van der Waals surface area (Å²) in [5, 5.41) is 3.69. The molecule has 1 aromatic rings. The van der Waals surface area contributed by atoms with E-state index in [-0.39, 0.29) is 19.6 Å². The summed E-state index contributed by atoms with van der Waals surface area (Å²) >= 11 is 0. The first-order chi connectivity index (χ1) is 12.7. The van der Waals surface area contributed by atoms with Crippen molar-refractivity contribution in [2.75, 3.05) is 19.5 Å². The largest absolute Gasteiger partial charge is 0.374 e. The third kappa shape index (κ3) is 7.84. The lowest BCUT2D eigenvalue weighted by Gasteiger charge is -2.40. The van der Waals surface area contributed by atoms with Crippen molar-refractivity contribution in [3.8, 4) is 0 Å². The van der Waals surface area contributed by atoms with Gasteiger partial charge in [-0.1, -0.05) is 35.4 Å². The fourth-order valence-corrected chi connectivity index (χ4v) is 3.40. The molecule has 0 amide bonds. The number of hydrogen-bond acceptors (Lipinski definition) is 7. The highest BCUT2D eigenvalue weighted by molar-refractivity contribution is 7.86. The molecule has 0 saturated carbocycles. The van der Waals surface area contributed by atoms with Gasteiger partial charge in [0, 0.05) is 11.3 Å². The van der Waals surface area contributed by atoms with Gasteiger partial charge in [0.05, 0.1) is 38.2 Å². The molecule has 1 aromatic carbocycles. The molecule has 0 N–H and O–H groups in total. The van der Waals surface area contributed by atoms with E-state index < -0.39 is 34.2 Å². The number of benzene rings is 1. The highest BCUT2D eigenvalue weighted by atomic mass is 32.2. The zero-order valence-electron chi connectivity index (χ0n) is 15.6. The molecule has 1 fully saturated rings. The van der Waals surface area contributed by atoms with Gasteiger partial charge in [-0.3, -0.25) is 4.18 Å². The van der Waals surface area contributed by atoms with Gasteiger partial charge in [0.25, 0.3) is 10.1 Å². The average molecular weight is 399 g/mol. The first kappa shape index (κ1) is 21.6. The third-order valence-corrected chi connectivity index (χ3v) is 4.51. The molecule has 2 rings (SSSR count). The van der Waals surface area contributed by atoms with Crippen LogP contribution in [-0.4, -0.2) is 51.9 Å². The predicted molar refractivity (Wildman–Crippen MR) is 98.3 cm³/mol. The number of azide groups is 1. The van der Waals surface area contributed by atoms with Gasteiger partial charge in [0.1, 0.15) is 6.10 Å². The van der Waals surface area contributed by atoms with E-state index in [0.29, 0.717) is 6.61 Å². The molecule has 0 unspecified atom stereocenters. The highest BCUT2D eigenvalue weighted by Gasteiger charge is 2.38. The second-order valence-corrected chi connectivity index (χ2v) is 8.40. The van der Waals surface area contributed by atoms with E-state index in [1.54, 1.807) is 13.8 Å². The van der Waals surface area contributed by atoms with Crippen LogP contribution in [0.15, 0.2) is 35.4 Å². The summed E-state index contributed by atoms with van der Waals surface area (Å²) in [6, 6.07) is 8.93. The van der Waals surface area contributed by atoms with E-state index in [2.05, 4.69) is 10.0 Å². The average Bonchev–Trinajstić information content (AvgIpc) is 2.56. The number of nitrogens with zero attached hydrogens (tertiary/aromatic N) is 3. The molecule has 1 aliphatic heterocycles. The van der Waals surface area contributed by atoms with Crippen LogP contribution in [-0.2, 0) is 35.1 Å². The summed E-state index contributed by atoms with van der Waals surface area (Å²) in [5.41, 5.74) is 9.71. The van der Waals surface area contributed by atoms with Gasteiger partial charge in [-0.05, 0) is 24.9 Å². The van der Waals surface area contributed by atoms with Crippen LogP contribution in [0, 0.1) is 0 Å². The van der Waals surface area contributed by atoms with Crippen LogP contribution in [0.3, 0.4) is 0 Å². The molecule has 1 heterocycles. The molecule has 0 radical (unpaired) electrons. The molecule has 3 atom stereocenters. The lowest BCUT2D eigenvalue weighted by atomic mass is 10.0. The van der Waals surface area contributed by atoms with Crippen LogP contribution in [0.1, 0.15) is 25.8 Å². The molecular weight excluding hydrogens is 374 g/mol. The zero-order valence-corrected chi connectivity index (χ0v) is 16.5. The minimum Gasteiger partial charge on any atom is -0.374 e. The summed E-state index contributed by atoms with van der Waals surface area (Å²) in [6.07, 6.45) is -0.175. The van der Waals surface area contributed by atoms with Crippen molar-refractivity contribution in [2.45, 2.75) is 50.9 Å². The first-order valence-corrected chi connectivity index (χ1v) is 10.4. The quantitative estimate of drug-likeness (QED) is 0.272. The van der Waals surface area contributed by atoms with E-state index in [1.165, 1.54) is 0 Å². The van der Waals surface area contributed by atoms with E-state index in [4.69, 9.17) is 23.9 Å². The second kappa shape index (κ2) is 9.50. The van der Waals surface area contributed by atoms with Gasteiger partial charge in [-0.2, -0.15) is 8.42 Å². The van der Waals surface area contributed by atoms with E-state index in [1.807, 2.05) is 30.3 Å². The van der Waals surface area contributed by atoms with Crippen LogP contribution < -0.4 is 0 Å². The van der Waals surface area contributed by atoms with Gasteiger partial charge in [-0.15, -0.1) is 0 Å². The third-order valence-electron chi connectivity index (χ3n) is 3.89. The maximum atomic E-state index is 11.6. The number of hydrogen-bond donors (Lipinski definition) is 0. The fourth-order valence-electron chi connectivity index (χ4n) is 2.77. The Bertz CT molecular complexity index is 749. The molecule has 0 aliphatic carbocycles. The lowest BCUT2D eigenvalue weighted by molar-refractivity contribution is -0.282. The zero-order chi connectivity index (χ0) is 19.9. The van der Waals surface area contributed by atoms with Crippen LogP contribution >= 0.6 is 0 Å². The molecule has 1 saturated heterocycles. The Morgan fingerprint density at radius 2 is 2.07 bits per heavy atom. The standard InChI is InChI=1S/C17H25N3O6S/c1-17(2)24-12-15(19-20-18)16(25-17)9-14(26-27(3,21)22)11-23-10-13-7-5-4-6-8-13/h4-8,14-16H,9-12H2,1-3H3/t14-,15-,16+/m1/s1. The predicted octanol–water partition coefficient (Wildman–Crippen LogP) is 2.77. The molecule has 10 heteroatoms. The Hall–Kier alpha value is -1.68. The van der Waals surface area contributed by atoms with Crippen molar-refractivity contribution < 1.29 is 26.8 Å². The monoisotopic (exact) mass is 399 g/mol. The van der Waals surface area contributed by atoms with Gasteiger partial charge in [-0.25, -0.2) is 0 Å². The first-order valence-electron chi connectivity index (χ1n) is 8.54. The summed E-state index contributed by atoms with van der Waals surface area (Å²) in [4.78, 5) is 2.82. The van der Waals surface area contributed by atoms with E-state index in [0.717, 1.165) is 11.8 Å². The van der Waals surface area contributed by atoms with Gasteiger partial charge in [0.2, 0.25) is 0 Å². The van der Waals surface area contributed by atoms with Crippen molar-refractivity contribution in [1.82, 2.24) is 0 Å². The minimum atomic E-state index is -3.70. The number of rotatable bonds is 9. The Balaban J connectivity index is 2.03. The van der Waals surface area contributed by atoms with Crippen molar-refractivity contribution in [3.63, 3.8) is 0 Å². The Kier molecular flexibility index (Phi) is 7.60. The van der Waals surface area contributed by atoms with Crippen molar-refractivity contribution in [3.05, 3.63) is 46.3 Å². The molecule has 9 nitrogen and oxygen atoms in total. The van der Waals surface area contributed by atoms with E-state index >= 15 is 0 Å². The van der Waals surface area contributed by atoms with Crippen molar-refractivity contribution in [1.29, 1.82) is 0 Å². The van der Waals surface area contributed by atoms with Crippen molar-refractivity contribution >= 4 is 10.1 Å². The molecular formula is C17H25N3O6S. The smallest absolute Gasteiger partial charge is 0.264 e. The topological polar surface area (TPSA) is 120 Å².